The first-order chi connectivity index (χ1) is 10.8. The Balaban J connectivity index is 1.67. The van der Waals surface area contributed by atoms with Gasteiger partial charge in [-0.2, -0.15) is 0 Å². The molecule has 0 saturated carbocycles. The summed E-state index contributed by atoms with van der Waals surface area (Å²) in [4.78, 5) is 16.8. The molecule has 4 heteroatoms. The summed E-state index contributed by atoms with van der Waals surface area (Å²) < 4.78 is 5.16. The van der Waals surface area contributed by atoms with E-state index < -0.39 is 0 Å². The second kappa shape index (κ2) is 7.03. The monoisotopic (exact) mass is 302 g/mol. The highest BCUT2D eigenvalue weighted by Gasteiger charge is 2.27. The molecule has 0 aliphatic carbocycles. The van der Waals surface area contributed by atoms with Gasteiger partial charge in [0.05, 0.1) is 23.9 Å². The average Bonchev–Trinajstić information content (AvgIpc) is 3.10. The highest BCUT2D eigenvalue weighted by atomic mass is 16.5. The van der Waals surface area contributed by atoms with Crippen LogP contribution in [0.4, 0.5) is 11.4 Å². The van der Waals surface area contributed by atoms with Crippen LogP contribution >= 0.6 is 0 Å². The number of ether oxygens (including phenoxy) is 1. The maximum absolute atomic E-state index is 11.9. The maximum Gasteiger partial charge on any atom is 0.309 e. The fourth-order valence-electron chi connectivity index (χ4n) is 3.57. The van der Waals surface area contributed by atoms with Gasteiger partial charge in [-0.1, -0.05) is 12.1 Å². The number of esters is 1. The number of benzene rings is 1. The minimum atomic E-state index is -0.0185. The van der Waals surface area contributed by atoms with Crippen LogP contribution in [-0.4, -0.2) is 38.8 Å². The predicted molar refractivity (Wildman–Crippen MR) is 89.5 cm³/mol. The third kappa shape index (κ3) is 3.21. The van der Waals surface area contributed by atoms with Gasteiger partial charge in [0.2, 0.25) is 0 Å². The Morgan fingerprint density at radius 1 is 1.05 bits per heavy atom. The number of anilines is 2. The maximum atomic E-state index is 11.9. The largest absolute Gasteiger partial charge is 0.466 e. The predicted octanol–water partition coefficient (Wildman–Crippen LogP) is 3.07. The van der Waals surface area contributed by atoms with E-state index in [-0.39, 0.29) is 11.9 Å². The fraction of sp³-hybridized carbons (Fsp3) is 0.611. The number of hydrogen-bond donors (Lipinski definition) is 0. The molecule has 1 aromatic carbocycles. The van der Waals surface area contributed by atoms with Gasteiger partial charge >= 0.3 is 5.97 Å². The fourth-order valence-corrected chi connectivity index (χ4v) is 3.57. The second-order valence-electron chi connectivity index (χ2n) is 6.20. The average molecular weight is 302 g/mol. The lowest BCUT2D eigenvalue weighted by Gasteiger charge is -2.35. The van der Waals surface area contributed by atoms with Gasteiger partial charge in [-0.15, -0.1) is 0 Å². The van der Waals surface area contributed by atoms with Crippen LogP contribution in [0.15, 0.2) is 24.3 Å². The van der Waals surface area contributed by atoms with E-state index in [9.17, 15) is 4.79 Å². The molecule has 0 aromatic heterocycles. The SMILES string of the molecule is CCOC(=O)C1CCN(c2ccccc2N2CCCC2)CC1. The lowest BCUT2D eigenvalue weighted by Crippen LogP contribution is -2.37. The zero-order valence-electron chi connectivity index (χ0n) is 13.5. The summed E-state index contributed by atoms with van der Waals surface area (Å²) in [5.41, 5.74) is 2.68. The van der Waals surface area contributed by atoms with Crippen molar-refractivity contribution in [3.05, 3.63) is 24.3 Å². The van der Waals surface area contributed by atoms with Crippen molar-refractivity contribution in [3.63, 3.8) is 0 Å². The summed E-state index contributed by atoms with van der Waals surface area (Å²) in [7, 11) is 0. The third-order valence-electron chi connectivity index (χ3n) is 4.78. The molecule has 2 fully saturated rings. The van der Waals surface area contributed by atoms with Crippen LogP contribution in [0.5, 0.6) is 0 Å². The first-order valence-corrected chi connectivity index (χ1v) is 8.55. The summed E-state index contributed by atoms with van der Waals surface area (Å²) in [6.45, 7) is 6.56. The van der Waals surface area contributed by atoms with E-state index in [1.807, 2.05) is 6.92 Å². The molecule has 3 rings (SSSR count). The molecule has 0 radical (unpaired) electrons. The lowest BCUT2D eigenvalue weighted by atomic mass is 9.96. The molecule has 0 bridgehead atoms. The van der Waals surface area contributed by atoms with Crippen molar-refractivity contribution in [3.8, 4) is 0 Å². The normalized spacial score (nSPS) is 19.5. The van der Waals surface area contributed by atoms with E-state index in [1.165, 1.54) is 24.2 Å². The van der Waals surface area contributed by atoms with Crippen molar-refractivity contribution in [2.24, 2.45) is 5.92 Å². The van der Waals surface area contributed by atoms with Crippen LogP contribution in [0.25, 0.3) is 0 Å². The Morgan fingerprint density at radius 2 is 1.59 bits per heavy atom. The highest BCUT2D eigenvalue weighted by Crippen LogP contribution is 2.34. The summed E-state index contributed by atoms with van der Waals surface area (Å²) in [6, 6.07) is 8.70. The van der Waals surface area contributed by atoms with Gasteiger partial charge in [-0.25, -0.2) is 0 Å². The quantitative estimate of drug-likeness (QED) is 0.800. The summed E-state index contributed by atoms with van der Waals surface area (Å²) >= 11 is 0. The van der Waals surface area contributed by atoms with E-state index in [4.69, 9.17) is 4.74 Å². The first-order valence-electron chi connectivity index (χ1n) is 8.55. The van der Waals surface area contributed by atoms with Gasteiger partial charge in [0.1, 0.15) is 0 Å². The van der Waals surface area contributed by atoms with Crippen molar-refractivity contribution >= 4 is 17.3 Å². The molecule has 0 N–H and O–H groups in total. The zero-order chi connectivity index (χ0) is 15.4. The molecule has 0 amide bonds. The molecule has 0 spiro atoms. The Morgan fingerprint density at radius 3 is 2.14 bits per heavy atom. The Hall–Kier alpha value is -1.71. The topological polar surface area (TPSA) is 32.8 Å². The number of carbonyl (C=O) groups excluding carboxylic acids is 1. The summed E-state index contributed by atoms with van der Waals surface area (Å²) in [5, 5.41) is 0. The van der Waals surface area contributed by atoms with Crippen molar-refractivity contribution in [2.45, 2.75) is 32.6 Å². The van der Waals surface area contributed by atoms with E-state index in [0.717, 1.165) is 39.0 Å². The molecule has 120 valence electrons. The molecule has 0 atom stereocenters. The number of rotatable bonds is 4. The number of para-hydroxylation sites is 2. The van der Waals surface area contributed by atoms with Gasteiger partial charge in [0, 0.05) is 26.2 Å². The summed E-state index contributed by atoms with van der Waals surface area (Å²) in [6.07, 6.45) is 4.37. The van der Waals surface area contributed by atoms with Gasteiger partial charge < -0.3 is 14.5 Å². The molecular weight excluding hydrogens is 276 g/mol. The zero-order valence-corrected chi connectivity index (χ0v) is 13.5. The van der Waals surface area contributed by atoms with Gasteiger partial charge in [0.25, 0.3) is 0 Å². The number of hydrogen-bond acceptors (Lipinski definition) is 4. The molecule has 4 nitrogen and oxygen atoms in total. The van der Waals surface area contributed by atoms with Gasteiger partial charge in [-0.05, 0) is 44.7 Å². The van der Waals surface area contributed by atoms with Crippen LogP contribution in [0, 0.1) is 5.92 Å². The van der Waals surface area contributed by atoms with Gasteiger partial charge in [0.15, 0.2) is 0 Å². The standard InChI is InChI=1S/C18H26N2O2/c1-2-22-18(21)15-9-13-20(14-10-15)17-8-4-3-7-16(17)19-11-5-6-12-19/h3-4,7-8,15H,2,5-6,9-14H2,1H3. The Labute approximate surface area is 133 Å². The Bertz CT molecular complexity index is 504. The number of carbonyl (C=O) groups is 1. The van der Waals surface area contributed by atoms with Crippen molar-refractivity contribution in [1.29, 1.82) is 0 Å². The molecular formula is C18H26N2O2. The number of nitrogens with zero attached hydrogens (tertiary/aromatic N) is 2. The third-order valence-corrected chi connectivity index (χ3v) is 4.78. The van der Waals surface area contributed by atoms with Crippen molar-refractivity contribution in [2.75, 3.05) is 42.6 Å². The number of piperidine rings is 1. The van der Waals surface area contributed by atoms with E-state index >= 15 is 0 Å². The van der Waals surface area contributed by atoms with E-state index in [1.54, 1.807) is 0 Å². The van der Waals surface area contributed by atoms with Crippen LogP contribution < -0.4 is 9.80 Å². The smallest absolute Gasteiger partial charge is 0.309 e. The minimum absolute atomic E-state index is 0.0185. The van der Waals surface area contributed by atoms with Gasteiger partial charge in [-0.3, -0.25) is 4.79 Å². The molecule has 0 unspecified atom stereocenters. The van der Waals surface area contributed by atoms with Crippen molar-refractivity contribution in [1.82, 2.24) is 0 Å². The van der Waals surface area contributed by atoms with E-state index in [0.29, 0.717) is 6.61 Å². The van der Waals surface area contributed by atoms with Crippen molar-refractivity contribution < 1.29 is 9.53 Å². The molecule has 1 aromatic rings. The molecule has 2 saturated heterocycles. The molecule has 2 aliphatic heterocycles. The summed E-state index contributed by atoms with van der Waals surface area (Å²) in [5.74, 6) is 0.0603. The molecule has 2 heterocycles. The molecule has 22 heavy (non-hydrogen) atoms. The lowest BCUT2D eigenvalue weighted by molar-refractivity contribution is -0.148. The van der Waals surface area contributed by atoms with E-state index in [2.05, 4.69) is 34.1 Å². The van der Waals surface area contributed by atoms with Crippen LogP contribution in [0.1, 0.15) is 32.6 Å². The first kappa shape index (κ1) is 15.2. The highest BCUT2D eigenvalue weighted by molar-refractivity contribution is 5.74. The minimum Gasteiger partial charge on any atom is -0.466 e. The van der Waals surface area contributed by atoms with Crippen LogP contribution in [0.2, 0.25) is 0 Å². The van der Waals surface area contributed by atoms with Crippen LogP contribution in [-0.2, 0) is 9.53 Å². The Kier molecular flexibility index (Phi) is 4.86. The molecule has 2 aliphatic rings. The van der Waals surface area contributed by atoms with Crippen LogP contribution in [0.3, 0.4) is 0 Å². The second-order valence-corrected chi connectivity index (χ2v) is 6.20.